The maximum atomic E-state index is 12.1. The number of carbonyl (C=O) groups excluding carboxylic acids is 1. The van der Waals surface area contributed by atoms with Gasteiger partial charge in [-0.05, 0) is 36.6 Å². The summed E-state index contributed by atoms with van der Waals surface area (Å²) in [6.45, 7) is -0.0275. The average molecular weight is 323 g/mol. The van der Waals surface area contributed by atoms with Crippen LogP contribution in [-0.2, 0) is 0 Å². The lowest BCUT2D eigenvalue weighted by atomic mass is 10.1. The molecule has 110 valence electrons. The third kappa shape index (κ3) is 3.93. The molecule has 3 nitrogen and oxygen atoms in total. The Bertz CT molecular complexity index is 643. The van der Waals surface area contributed by atoms with Crippen molar-refractivity contribution in [2.75, 3.05) is 20.0 Å². The minimum atomic E-state index is -0.129. The number of methoxy groups -OCH3 is 1. The zero-order valence-electron chi connectivity index (χ0n) is 11.8. The first-order chi connectivity index (χ1) is 10.2. The number of Topliss-reactive ketones (excluding diaryl/α,β-unsaturated/α-hetero) is 1. The number of ketones is 1. The molecule has 0 saturated heterocycles. The van der Waals surface area contributed by atoms with Gasteiger partial charge in [0, 0.05) is 10.5 Å². The normalized spacial score (nSPS) is 10.2. The van der Waals surface area contributed by atoms with Crippen LogP contribution in [0.5, 0.6) is 11.5 Å². The quantitative estimate of drug-likeness (QED) is 0.585. The van der Waals surface area contributed by atoms with Crippen LogP contribution in [0.15, 0.2) is 47.4 Å². The van der Waals surface area contributed by atoms with Gasteiger partial charge in [0.15, 0.2) is 12.4 Å². The van der Waals surface area contributed by atoms with E-state index >= 15 is 0 Å². The van der Waals surface area contributed by atoms with Crippen LogP contribution >= 0.6 is 23.4 Å². The largest absolute Gasteiger partial charge is 0.495 e. The minimum Gasteiger partial charge on any atom is -0.495 e. The van der Waals surface area contributed by atoms with Crippen LogP contribution in [0.2, 0.25) is 5.02 Å². The number of carbonyl (C=O) groups is 1. The average Bonchev–Trinajstić information content (AvgIpc) is 2.52. The summed E-state index contributed by atoms with van der Waals surface area (Å²) in [7, 11) is 1.53. The summed E-state index contributed by atoms with van der Waals surface area (Å²) < 4.78 is 10.7. The van der Waals surface area contributed by atoms with Crippen molar-refractivity contribution in [2.24, 2.45) is 0 Å². The van der Waals surface area contributed by atoms with Crippen molar-refractivity contribution in [3.63, 3.8) is 0 Å². The molecule has 0 heterocycles. The standard InChI is InChI=1S/C16H15ClO3S/c1-19-14-8-7-11(9-12(14)17)13(18)10-20-15-5-3-4-6-16(15)21-2/h3-9H,10H2,1-2H3. The molecule has 0 saturated carbocycles. The van der Waals surface area contributed by atoms with Gasteiger partial charge in [-0.2, -0.15) is 0 Å². The molecule has 0 bridgehead atoms. The predicted octanol–water partition coefficient (Wildman–Crippen LogP) is 4.33. The summed E-state index contributed by atoms with van der Waals surface area (Å²) in [5.41, 5.74) is 0.502. The summed E-state index contributed by atoms with van der Waals surface area (Å²) in [5.74, 6) is 1.12. The van der Waals surface area contributed by atoms with Crippen molar-refractivity contribution in [1.29, 1.82) is 0 Å². The number of hydrogen-bond donors (Lipinski definition) is 0. The molecule has 0 N–H and O–H groups in total. The molecule has 0 unspecified atom stereocenters. The highest BCUT2D eigenvalue weighted by molar-refractivity contribution is 7.98. The second kappa shape index (κ2) is 7.38. The van der Waals surface area contributed by atoms with Crippen LogP contribution in [0.25, 0.3) is 0 Å². The molecule has 2 aromatic carbocycles. The topological polar surface area (TPSA) is 35.5 Å². The van der Waals surface area contributed by atoms with Gasteiger partial charge in [0.2, 0.25) is 0 Å². The summed E-state index contributed by atoms with van der Waals surface area (Å²) >= 11 is 7.59. The second-order valence-electron chi connectivity index (χ2n) is 4.21. The predicted molar refractivity (Wildman–Crippen MR) is 86.1 cm³/mol. The van der Waals surface area contributed by atoms with Crippen molar-refractivity contribution in [3.05, 3.63) is 53.1 Å². The van der Waals surface area contributed by atoms with E-state index in [0.29, 0.717) is 22.1 Å². The number of para-hydroxylation sites is 1. The van der Waals surface area contributed by atoms with E-state index < -0.39 is 0 Å². The summed E-state index contributed by atoms with van der Waals surface area (Å²) in [4.78, 5) is 13.1. The molecule has 0 fully saturated rings. The molecule has 0 aromatic heterocycles. The summed E-state index contributed by atoms with van der Waals surface area (Å²) in [5, 5.41) is 0.410. The Morgan fingerprint density at radius 1 is 1.19 bits per heavy atom. The highest BCUT2D eigenvalue weighted by Gasteiger charge is 2.11. The maximum absolute atomic E-state index is 12.1. The molecule has 0 amide bonds. The Balaban J connectivity index is 2.06. The van der Waals surface area contributed by atoms with Gasteiger partial charge >= 0.3 is 0 Å². The Hall–Kier alpha value is -1.65. The number of thioether (sulfide) groups is 1. The van der Waals surface area contributed by atoms with E-state index in [1.807, 2.05) is 30.5 Å². The molecule has 0 radical (unpaired) electrons. The Labute approximate surface area is 133 Å². The smallest absolute Gasteiger partial charge is 0.200 e. The molecule has 2 aromatic rings. The molecular formula is C16H15ClO3S. The fourth-order valence-electron chi connectivity index (χ4n) is 1.80. The van der Waals surface area contributed by atoms with E-state index in [9.17, 15) is 4.79 Å². The lowest BCUT2D eigenvalue weighted by Gasteiger charge is -2.10. The second-order valence-corrected chi connectivity index (χ2v) is 5.47. The van der Waals surface area contributed by atoms with E-state index in [0.717, 1.165) is 4.90 Å². The Morgan fingerprint density at radius 3 is 2.62 bits per heavy atom. The molecule has 0 atom stereocenters. The third-order valence-corrected chi connectivity index (χ3v) is 3.97. The van der Waals surface area contributed by atoms with Crippen molar-refractivity contribution >= 4 is 29.1 Å². The van der Waals surface area contributed by atoms with Gasteiger partial charge in [-0.3, -0.25) is 4.79 Å². The van der Waals surface area contributed by atoms with E-state index in [1.54, 1.807) is 30.0 Å². The molecular weight excluding hydrogens is 308 g/mol. The van der Waals surface area contributed by atoms with Crippen LogP contribution in [-0.4, -0.2) is 25.8 Å². The number of ether oxygens (including phenoxy) is 2. The lowest BCUT2D eigenvalue weighted by molar-refractivity contribution is 0.0919. The zero-order chi connectivity index (χ0) is 15.2. The summed E-state index contributed by atoms with van der Waals surface area (Å²) in [6.07, 6.45) is 1.97. The van der Waals surface area contributed by atoms with Crippen molar-refractivity contribution in [1.82, 2.24) is 0 Å². The van der Waals surface area contributed by atoms with Crippen LogP contribution in [0, 0.1) is 0 Å². The van der Waals surface area contributed by atoms with Crippen LogP contribution in [0.3, 0.4) is 0 Å². The first kappa shape index (κ1) is 15.7. The molecule has 0 aliphatic rings. The first-order valence-electron chi connectivity index (χ1n) is 6.28. The Kier molecular flexibility index (Phi) is 5.53. The summed E-state index contributed by atoms with van der Waals surface area (Å²) in [6, 6.07) is 12.6. The van der Waals surface area contributed by atoms with E-state index in [-0.39, 0.29) is 12.4 Å². The Morgan fingerprint density at radius 2 is 1.95 bits per heavy atom. The van der Waals surface area contributed by atoms with E-state index in [4.69, 9.17) is 21.1 Å². The third-order valence-electron chi connectivity index (χ3n) is 2.90. The number of hydrogen-bond acceptors (Lipinski definition) is 4. The van der Waals surface area contributed by atoms with Gasteiger partial charge in [0.1, 0.15) is 11.5 Å². The highest BCUT2D eigenvalue weighted by Crippen LogP contribution is 2.28. The molecule has 21 heavy (non-hydrogen) atoms. The highest BCUT2D eigenvalue weighted by atomic mass is 35.5. The maximum Gasteiger partial charge on any atom is 0.200 e. The van der Waals surface area contributed by atoms with Crippen LogP contribution < -0.4 is 9.47 Å². The monoisotopic (exact) mass is 322 g/mol. The molecule has 0 spiro atoms. The van der Waals surface area contributed by atoms with E-state index in [2.05, 4.69) is 0 Å². The van der Waals surface area contributed by atoms with Gasteiger partial charge in [-0.25, -0.2) is 0 Å². The minimum absolute atomic E-state index is 0.0275. The van der Waals surface area contributed by atoms with Crippen LogP contribution in [0.1, 0.15) is 10.4 Å². The fourth-order valence-corrected chi connectivity index (χ4v) is 2.60. The molecule has 5 heteroatoms. The van der Waals surface area contributed by atoms with Crippen molar-refractivity contribution < 1.29 is 14.3 Å². The number of benzene rings is 2. The SMILES string of the molecule is COc1ccc(C(=O)COc2ccccc2SC)cc1Cl. The van der Waals surface area contributed by atoms with Gasteiger partial charge in [-0.15, -0.1) is 11.8 Å². The van der Waals surface area contributed by atoms with Crippen molar-refractivity contribution in [3.8, 4) is 11.5 Å². The zero-order valence-corrected chi connectivity index (χ0v) is 13.3. The first-order valence-corrected chi connectivity index (χ1v) is 7.88. The number of halogens is 1. The van der Waals surface area contributed by atoms with Crippen LogP contribution in [0.4, 0.5) is 0 Å². The van der Waals surface area contributed by atoms with Crippen molar-refractivity contribution in [2.45, 2.75) is 4.90 Å². The molecule has 0 aliphatic carbocycles. The fraction of sp³-hybridized carbons (Fsp3) is 0.188. The van der Waals surface area contributed by atoms with E-state index in [1.165, 1.54) is 7.11 Å². The van der Waals surface area contributed by atoms with Gasteiger partial charge in [-0.1, -0.05) is 23.7 Å². The van der Waals surface area contributed by atoms with Gasteiger partial charge in [0.05, 0.1) is 12.1 Å². The lowest BCUT2D eigenvalue weighted by Crippen LogP contribution is -2.12. The molecule has 0 aliphatic heterocycles. The van der Waals surface area contributed by atoms with Gasteiger partial charge in [0.25, 0.3) is 0 Å². The van der Waals surface area contributed by atoms with Gasteiger partial charge < -0.3 is 9.47 Å². The molecule has 2 rings (SSSR count). The number of rotatable bonds is 6.